The van der Waals surface area contributed by atoms with Crippen LogP contribution >= 0.6 is 11.8 Å². The van der Waals surface area contributed by atoms with E-state index in [1.165, 1.54) is 23.7 Å². The predicted octanol–water partition coefficient (Wildman–Crippen LogP) is 3.81. The molecule has 0 spiro atoms. The van der Waals surface area contributed by atoms with Crippen molar-refractivity contribution >= 4 is 11.8 Å². The van der Waals surface area contributed by atoms with Gasteiger partial charge in [0.1, 0.15) is 6.33 Å². The van der Waals surface area contributed by atoms with Crippen LogP contribution in [0.2, 0.25) is 0 Å². The number of hydrogen-bond acceptors (Lipinski definition) is 6. The molecule has 4 aromatic rings. The minimum atomic E-state index is 0.656. The molecule has 120 valence electrons. The number of benzene rings is 1. The first kappa shape index (κ1) is 14.8. The summed E-state index contributed by atoms with van der Waals surface area (Å²) in [5.41, 5.74) is 2.03. The highest BCUT2D eigenvalue weighted by atomic mass is 32.2. The molecule has 6 nitrogen and oxygen atoms in total. The summed E-state index contributed by atoms with van der Waals surface area (Å²) in [5.74, 6) is 1.31. The quantitative estimate of drug-likeness (QED) is 0.551. The van der Waals surface area contributed by atoms with Crippen LogP contribution in [-0.4, -0.2) is 19.7 Å². The van der Waals surface area contributed by atoms with Crippen LogP contribution in [0, 0.1) is 0 Å². The molecule has 0 aliphatic rings. The molecule has 0 fully saturated rings. The van der Waals surface area contributed by atoms with Crippen molar-refractivity contribution in [3.8, 4) is 11.5 Å². The Morgan fingerprint density at radius 1 is 1.12 bits per heavy atom. The van der Waals surface area contributed by atoms with E-state index in [1.807, 2.05) is 41.9 Å². The van der Waals surface area contributed by atoms with Gasteiger partial charge in [0.05, 0.1) is 5.69 Å². The van der Waals surface area contributed by atoms with Crippen LogP contribution in [0.1, 0.15) is 11.3 Å². The highest BCUT2D eigenvalue weighted by Crippen LogP contribution is 2.33. The maximum Gasteiger partial charge on any atom is 0.198 e. The molecule has 4 rings (SSSR count). The summed E-state index contributed by atoms with van der Waals surface area (Å²) in [6.45, 7) is 0. The fourth-order valence-electron chi connectivity index (χ4n) is 2.34. The first-order valence-electron chi connectivity index (χ1n) is 7.38. The third-order valence-corrected chi connectivity index (χ3v) is 4.50. The Hall–Kier alpha value is -2.80. The van der Waals surface area contributed by atoms with E-state index in [9.17, 15) is 0 Å². The van der Waals surface area contributed by atoms with Crippen molar-refractivity contribution in [1.82, 2.24) is 19.7 Å². The zero-order valence-electron chi connectivity index (χ0n) is 12.9. The first-order valence-corrected chi connectivity index (χ1v) is 8.19. The minimum Gasteiger partial charge on any atom is -0.446 e. The lowest BCUT2D eigenvalue weighted by Crippen LogP contribution is -1.90. The zero-order valence-corrected chi connectivity index (χ0v) is 13.7. The SMILES string of the molecule is Cn1cnnc1Sc1ccc(-c2ocnc2Cc2ccccc2)o1. The lowest BCUT2D eigenvalue weighted by atomic mass is 10.1. The van der Waals surface area contributed by atoms with Gasteiger partial charge in [0, 0.05) is 13.5 Å². The van der Waals surface area contributed by atoms with Crippen molar-refractivity contribution in [3.63, 3.8) is 0 Å². The standard InChI is InChI=1S/C17H14N4O2S/c1-21-10-19-20-17(21)24-15-8-7-14(23-15)16-13(18-11-22-16)9-12-5-3-2-4-6-12/h2-8,10-11H,9H2,1H3. The Kier molecular flexibility index (Phi) is 3.92. The summed E-state index contributed by atoms with van der Waals surface area (Å²) in [6.07, 6.45) is 3.80. The van der Waals surface area contributed by atoms with E-state index in [1.54, 1.807) is 6.33 Å². The smallest absolute Gasteiger partial charge is 0.198 e. The molecule has 0 radical (unpaired) electrons. The number of nitrogens with zero attached hydrogens (tertiary/aromatic N) is 4. The molecule has 0 aliphatic carbocycles. The fraction of sp³-hybridized carbons (Fsp3) is 0.118. The topological polar surface area (TPSA) is 69.9 Å². The van der Waals surface area contributed by atoms with Gasteiger partial charge in [0.15, 0.2) is 28.2 Å². The van der Waals surface area contributed by atoms with Crippen molar-refractivity contribution in [1.29, 1.82) is 0 Å². The monoisotopic (exact) mass is 338 g/mol. The van der Waals surface area contributed by atoms with E-state index in [2.05, 4.69) is 27.3 Å². The van der Waals surface area contributed by atoms with Gasteiger partial charge < -0.3 is 13.4 Å². The van der Waals surface area contributed by atoms with Crippen molar-refractivity contribution in [3.05, 3.63) is 66.4 Å². The zero-order chi connectivity index (χ0) is 16.4. The second-order valence-electron chi connectivity index (χ2n) is 5.24. The number of furan rings is 1. The first-order chi connectivity index (χ1) is 11.8. The Balaban J connectivity index is 1.57. The van der Waals surface area contributed by atoms with Crippen molar-refractivity contribution in [2.45, 2.75) is 16.7 Å². The molecule has 0 N–H and O–H groups in total. The van der Waals surface area contributed by atoms with Gasteiger partial charge in [0.25, 0.3) is 0 Å². The van der Waals surface area contributed by atoms with Crippen LogP contribution in [-0.2, 0) is 13.5 Å². The molecule has 7 heteroatoms. The van der Waals surface area contributed by atoms with Crippen LogP contribution in [0.5, 0.6) is 0 Å². The number of hydrogen-bond donors (Lipinski definition) is 0. The van der Waals surface area contributed by atoms with E-state index < -0.39 is 0 Å². The summed E-state index contributed by atoms with van der Waals surface area (Å²) in [4.78, 5) is 4.33. The summed E-state index contributed by atoms with van der Waals surface area (Å²) < 4.78 is 13.3. The minimum absolute atomic E-state index is 0.656. The van der Waals surface area contributed by atoms with Crippen LogP contribution in [0.3, 0.4) is 0 Å². The number of aryl methyl sites for hydroxylation is 1. The van der Waals surface area contributed by atoms with Gasteiger partial charge in [-0.2, -0.15) is 0 Å². The molecule has 3 aromatic heterocycles. The number of oxazole rings is 1. The van der Waals surface area contributed by atoms with Gasteiger partial charge in [-0.15, -0.1) is 10.2 Å². The second kappa shape index (κ2) is 6.37. The van der Waals surface area contributed by atoms with Gasteiger partial charge in [-0.25, -0.2) is 4.98 Å². The molecular formula is C17H14N4O2S. The van der Waals surface area contributed by atoms with Crippen molar-refractivity contribution in [2.24, 2.45) is 7.05 Å². The highest BCUT2D eigenvalue weighted by Gasteiger charge is 2.16. The normalized spacial score (nSPS) is 11.0. The lowest BCUT2D eigenvalue weighted by Gasteiger charge is -2.00. The molecule has 0 saturated carbocycles. The lowest BCUT2D eigenvalue weighted by molar-refractivity contribution is 0.462. The fourth-order valence-corrected chi connectivity index (χ4v) is 3.06. The predicted molar refractivity (Wildman–Crippen MR) is 88.6 cm³/mol. The van der Waals surface area contributed by atoms with Gasteiger partial charge in [-0.05, 0) is 29.5 Å². The maximum atomic E-state index is 5.88. The summed E-state index contributed by atoms with van der Waals surface area (Å²) in [5, 5.41) is 9.38. The van der Waals surface area contributed by atoms with E-state index in [0.717, 1.165) is 15.9 Å². The highest BCUT2D eigenvalue weighted by molar-refractivity contribution is 7.99. The molecule has 1 aromatic carbocycles. The van der Waals surface area contributed by atoms with E-state index in [0.29, 0.717) is 17.9 Å². The molecule has 0 bridgehead atoms. The average molecular weight is 338 g/mol. The van der Waals surface area contributed by atoms with E-state index in [4.69, 9.17) is 8.83 Å². The number of aromatic nitrogens is 4. The molecule has 0 unspecified atom stereocenters. The summed E-state index contributed by atoms with van der Waals surface area (Å²) in [7, 11) is 1.89. The second-order valence-corrected chi connectivity index (χ2v) is 6.21. The van der Waals surface area contributed by atoms with E-state index >= 15 is 0 Å². The summed E-state index contributed by atoms with van der Waals surface area (Å²) >= 11 is 1.41. The van der Waals surface area contributed by atoms with Gasteiger partial charge in [-0.1, -0.05) is 30.3 Å². The van der Waals surface area contributed by atoms with E-state index in [-0.39, 0.29) is 0 Å². The van der Waals surface area contributed by atoms with Crippen LogP contribution < -0.4 is 0 Å². The van der Waals surface area contributed by atoms with Crippen LogP contribution in [0.4, 0.5) is 0 Å². The molecular weight excluding hydrogens is 324 g/mol. The largest absolute Gasteiger partial charge is 0.446 e. The van der Waals surface area contributed by atoms with Crippen LogP contribution in [0.25, 0.3) is 11.5 Å². The molecule has 0 aliphatic heterocycles. The molecule has 0 saturated heterocycles. The summed E-state index contributed by atoms with van der Waals surface area (Å²) in [6, 6.07) is 13.9. The maximum absolute atomic E-state index is 5.88. The van der Waals surface area contributed by atoms with Crippen LogP contribution in [0.15, 0.2) is 74.3 Å². The van der Waals surface area contributed by atoms with Gasteiger partial charge in [0.2, 0.25) is 0 Å². The average Bonchev–Trinajstić information content (AvgIpc) is 3.31. The van der Waals surface area contributed by atoms with Crippen molar-refractivity contribution in [2.75, 3.05) is 0 Å². The van der Waals surface area contributed by atoms with Gasteiger partial charge >= 0.3 is 0 Å². The van der Waals surface area contributed by atoms with Crippen molar-refractivity contribution < 1.29 is 8.83 Å². The Morgan fingerprint density at radius 3 is 2.79 bits per heavy atom. The third-order valence-electron chi connectivity index (χ3n) is 3.52. The molecule has 0 amide bonds. The Morgan fingerprint density at radius 2 is 2.00 bits per heavy atom. The Labute approximate surface area is 142 Å². The molecule has 0 atom stereocenters. The molecule has 3 heterocycles. The molecule has 24 heavy (non-hydrogen) atoms. The van der Waals surface area contributed by atoms with Gasteiger partial charge in [-0.3, -0.25) is 0 Å². The Bertz CT molecular complexity index is 942. The third kappa shape index (κ3) is 2.98. The number of rotatable bonds is 5.